The number of piperidine rings is 2. The van der Waals surface area contributed by atoms with Crippen molar-refractivity contribution in [3.8, 4) is 0 Å². The second-order valence-corrected chi connectivity index (χ2v) is 6.45. The van der Waals surface area contributed by atoms with Gasteiger partial charge in [0.1, 0.15) is 0 Å². The number of ether oxygens (including phenoxy) is 1. The minimum absolute atomic E-state index is 0.260. The number of fused-ring (bicyclic) bond motifs is 2. The molecule has 110 valence electrons. The predicted octanol–water partition coefficient (Wildman–Crippen LogP) is 1.50. The highest BCUT2D eigenvalue weighted by Crippen LogP contribution is 2.32. The first-order chi connectivity index (χ1) is 9.10. The summed E-state index contributed by atoms with van der Waals surface area (Å²) in [6, 6.07) is 2.27. The fourth-order valence-electron chi connectivity index (χ4n) is 3.48. The maximum absolute atomic E-state index is 5.39. The van der Waals surface area contributed by atoms with Crippen molar-refractivity contribution in [2.45, 2.75) is 63.2 Å². The van der Waals surface area contributed by atoms with E-state index in [9.17, 15) is 0 Å². The molecule has 0 aromatic carbocycles. The van der Waals surface area contributed by atoms with Crippen molar-refractivity contribution in [3.05, 3.63) is 0 Å². The molecular formula is C14H27N3OS. The second kappa shape index (κ2) is 6.86. The summed E-state index contributed by atoms with van der Waals surface area (Å²) in [4.78, 5) is 2.58. The molecule has 3 atom stereocenters. The first kappa shape index (κ1) is 15.0. The van der Waals surface area contributed by atoms with Crippen LogP contribution in [0.3, 0.4) is 0 Å². The summed E-state index contributed by atoms with van der Waals surface area (Å²) in [6.45, 7) is 2.77. The van der Waals surface area contributed by atoms with Gasteiger partial charge in [-0.15, -0.1) is 0 Å². The highest BCUT2D eigenvalue weighted by atomic mass is 32.1. The Bertz CT molecular complexity index is 299. The fraction of sp³-hybridized carbons (Fsp3) is 0.929. The molecular weight excluding hydrogens is 258 g/mol. The van der Waals surface area contributed by atoms with Crippen LogP contribution in [0.5, 0.6) is 0 Å². The largest absolute Gasteiger partial charge is 0.383 e. The molecule has 2 rings (SSSR count). The van der Waals surface area contributed by atoms with Crippen molar-refractivity contribution in [3.63, 3.8) is 0 Å². The molecule has 0 aromatic heterocycles. The van der Waals surface area contributed by atoms with Crippen molar-refractivity contribution < 1.29 is 4.74 Å². The smallest absolute Gasteiger partial charge is 0.166 e. The highest BCUT2D eigenvalue weighted by molar-refractivity contribution is 7.80. The summed E-state index contributed by atoms with van der Waals surface area (Å²) in [6.07, 6.45) is 6.50. The summed E-state index contributed by atoms with van der Waals surface area (Å²) in [5.41, 5.74) is 0. The van der Waals surface area contributed by atoms with Gasteiger partial charge in [-0.25, -0.2) is 0 Å². The summed E-state index contributed by atoms with van der Waals surface area (Å²) in [5.74, 6) is 0. The van der Waals surface area contributed by atoms with Crippen LogP contribution in [-0.2, 0) is 4.74 Å². The van der Waals surface area contributed by atoms with Gasteiger partial charge >= 0.3 is 0 Å². The van der Waals surface area contributed by atoms with Crippen LogP contribution < -0.4 is 10.6 Å². The van der Waals surface area contributed by atoms with Crippen LogP contribution in [0.4, 0.5) is 0 Å². The van der Waals surface area contributed by atoms with E-state index in [4.69, 9.17) is 17.0 Å². The van der Waals surface area contributed by atoms with E-state index in [1.807, 2.05) is 0 Å². The van der Waals surface area contributed by atoms with Crippen molar-refractivity contribution in [1.29, 1.82) is 0 Å². The van der Waals surface area contributed by atoms with Gasteiger partial charge in [-0.2, -0.15) is 0 Å². The zero-order valence-corrected chi connectivity index (χ0v) is 13.1. The first-order valence-corrected chi connectivity index (χ1v) is 7.79. The lowest BCUT2D eigenvalue weighted by Crippen LogP contribution is -2.57. The van der Waals surface area contributed by atoms with Crippen LogP contribution in [-0.4, -0.2) is 54.9 Å². The van der Waals surface area contributed by atoms with Crippen LogP contribution in [0.15, 0.2) is 0 Å². The molecule has 5 heteroatoms. The Morgan fingerprint density at radius 1 is 1.37 bits per heavy atom. The quantitative estimate of drug-likeness (QED) is 0.766. The summed E-state index contributed by atoms with van der Waals surface area (Å²) in [5, 5.41) is 7.56. The molecule has 0 spiro atoms. The minimum Gasteiger partial charge on any atom is -0.383 e. The van der Waals surface area contributed by atoms with Gasteiger partial charge in [0.2, 0.25) is 0 Å². The van der Waals surface area contributed by atoms with Crippen LogP contribution >= 0.6 is 12.2 Å². The van der Waals surface area contributed by atoms with E-state index < -0.39 is 0 Å². The Morgan fingerprint density at radius 3 is 2.58 bits per heavy atom. The molecule has 2 saturated heterocycles. The van der Waals surface area contributed by atoms with E-state index in [0.29, 0.717) is 12.6 Å². The van der Waals surface area contributed by atoms with E-state index in [1.54, 1.807) is 7.11 Å². The molecule has 2 aliphatic heterocycles. The van der Waals surface area contributed by atoms with Gasteiger partial charge in [0.05, 0.1) is 6.61 Å². The molecule has 19 heavy (non-hydrogen) atoms. The van der Waals surface area contributed by atoms with E-state index >= 15 is 0 Å². The van der Waals surface area contributed by atoms with Gasteiger partial charge in [-0.3, -0.25) is 0 Å². The SMILES string of the molecule is COCC(C)NC(=S)NC1CC2CCCC(C1)N2C. The van der Waals surface area contributed by atoms with Gasteiger partial charge in [-0.05, 0) is 51.9 Å². The molecule has 2 N–H and O–H groups in total. The monoisotopic (exact) mass is 285 g/mol. The molecule has 0 aromatic rings. The Hall–Kier alpha value is -0.390. The molecule has 2 bridgehead atoms. The lowest BCUT2D eigenvalue weighted by molar-refractivity contribution is 0.0527. The predicted molar refractivity (Wildman–Crippen MR) is 82.4 cm³/mol. The molecule has 0 aliphatic carbocycles. The molecule has 2 heterocycles. The first-order valence-electron chi connectivity index (χ1n) is 7.38. The number of nitrogens with zero attached hydrogens (tertiary/aromatic N) is 1. The van der Waals surface area contributed by atoms with Gasteiger partial charge in [0, 0.05) is 31.3 Å². The Morgan fingerprint density at radius 2 is 2.00 bits per heavy atom. The molecule has 0 radical (unpaired) electrons. The van der Waals surface area contributed by atoms with Crippen LogP contribution in [0.25, 0.3) is 0 Å². The van der Waals surface area contributed by atoms with Crippen LogP contribution in [0, 0.1) is 0 Å². The summed E-state index contributed by atoms with van der Waals surface area (Å²) >= 11 is 5.39. The maximum Gasteiger partial charge on any atom is 0.166 e. The van der Waals surface area contributed by atoms with Crippen molar-refractivity contribution in [2.24, 2.45) is 0 Å². The number of nitrogens with one attached hydrogen (secondary N) is 2. The average molecular weight is 285 g/mol. The van der Waals surface area contributed by atoms with Crippen LogP contribution in [0.2, 0.25) is 0 Å². The van der Waals surface area contributed by atoms with Gasteiger partial charge in [-0.1, -0.05) is 6.42 Å². The number of methoxy groups -OCH3 is 1. The third-order valence-corrected chi connectivity index (χ3v) is 4.70. The topological polar surface area (TPSA) is 36.5 Å². The van der Waals surface area contributed by atoms with Crippen molar-refractivity contribution in [1.82, 2.24) is 15.5 Å². The molecule has 2 aliphatic rings. The molecule has 2 fully saturated rings. The minimum atomic E-state index is 0.260. The fourth-order valence-corrected chi connectivity index (χ4v) is 3.84. The van der Waals surface area contributed by atoms with E-state index in [0.717, 1.165) is 17.2 Å². The lowest BCUT2D eigenvalue weighted by atomic mass is 9.82. The molecule has 0 amide bonds. The number of rotatable bonds is 4. The Labute approximate surface area is 122 Å². The second-order valence-electron chi connectivity index (χ2n) is 6.05. The number of hydrogen-bond donors (Lipinski definition) is 2. The summed E-state index contributed by atoms with van der Waals surface area (Å²) < 4.78 is 5.11. The third kappa shape index (κ3) is 4.04. The van der Waals surface area contributed by atoms with E-state index in [2.05, 4.69) is 29.5 Å². The van der Waals surface area contributed by atoms with Gasteiger partial charge < -0.3 is 20.3 Å². The average Bonchev–Trinajstić information content (AvgIpc) is 2.30. The Balaban J connectivity index is 1.78. The lowest BCUT2D eigenvalue weighted by Gasteiger charge is -2.47. The zero-order valence-electron chi connectivity index (χ0n) is 12.3. The summed E-state index contributed by atoms with van der Waals surface area (Å²) in [7, 11) is 3.99. The van der Waals surface area contributed by atoms with Crippen molar-refractivity contribution >= 4 is 17.3 Å². The third-order valence-electron chi connectivity index (χ3n) is 4.47. The number of hydrogen-bond acceptors (Lipinski definition) is 3. The van der Waals surface area contributed by atoms with E-state index in [1.165, 1.54) is 32.1 Å². The maximum atomic E-state index is 5.39. The Kier molecular flexibility index (Phi) is 5.42. The van der Waals surface area contributed by atoms with Gasteiger partial charge in [0.15, 0.2) is 5.11 Å². The normalized spacial score (nSPS) is 32.7. The standard InChI is InChI=1S/C14H27N3OS/c1-10(9-18-3)15-14(19)16-11-7-12-5-4-6-13(8-11)17(12)2/h10-13H,4-9H2,1-3H3,(H2,15,16,19). The van der Waals surface area contributed by atoms with Crippen LogP contribution in [0.1, 0.15) is 39.0 Å². The van der Waals surface area contributed by atoms with Gasteiger partial charge in [0.25, 0.3) is 0 Å². The zero-order chi connectivity index (χ0) is 13.8. The highest BCUT2D eigenvalue weighted by Gasteiger charge is 2.36. The molecule has 4 nitrogen and oxygen atoms in total. The number of thiocarbonyl (C=S) groups is 1. The van der Waals surface area contributed by atoms with E-state index in [-0.39, 0.29) is 6.04 Å². The molecule has 3 unspecified atom stereocenters. The van der Waals surface area contributed by atoms with Crippen molar-refractivity contribution in [2.75, 3.05) is 20.8 Å². The molecule has 0 saturated carbocycles.